The second-order valence-corrected chi connectivity index (χ2v) is 9.55. The Bertz CT molecular complexity index is 995. The molecule has 29 heavy (non-hydrogen) atoms. The quantitative estimate of drug-likeness (QED) is 0.320. The minimum absolute atomic E-state index is 0.0745. The van der Waals surface area contributed by atoms with E-state index in [1.54, 1.807) is 23.9 Å². The molecule has 0 saturated heterocycles. The number of aryl methyl sites for hydroxylation is 1. The standard InChI is InChI=1S/C20H20FIN4OS2/c1-13-9-16(22)7-8-17(13)23-19(27)12-29-20-25-24-18(26(20)2)11-28-10-14-3-5-15(21)6-4-14/h3-9H,10-12H2,1-2H3,(H,23,27). The molecule has 1 heterocycles. The molecule has 5 nitrogen and oxygen atoms in total. The van der Waals surface area contributed by atoms with Gasteiger partial charge in [-0.05, 0) is 71.0 Å². The average molecular weight is 542 g/mol. The molecule has 0 saturated carbocycles. The predicted molar refractivity (Wildman–Crippen MR) is 126 cm³/mol. The van der Waals surface area contributed by atoms with Gasteiger partial charge in [-0.25, -0.2) is 4.39 Å². The molecule has 152 valence electrons. The lowest BCUT2D eigenvalue weighted by Crippen LogP contribution is -2.15. The van der Waals surface area contributed by atoms with Gasteiger partial charge in [-0.15, -0.1) is 22.0 Å². The van der Waals surface area contributed by atoms with E-state index in [1.807, 2.05) is 36.7 Å². The van der Waals surface area contributed by atoms with Crippen LogP contribution in [-0.4, -0.2) is 26.4 Å². The monoisotopic (exact) mass is 542 g/mol. The largest absolute Gasteiger partial charge is 0.325 e. The molecule has 2 aromatic carbocycles. The van der Waals surface area contributed by atoms with Gasteiger partial charge in [0.2, 0.25) is 5.91 Å². The molecular formula is C20H20FIN4OS2. The van der Waals surface area contributed by atoms with Gasteiger partial charge in [-0.3, -0.25) is 4.79 Å². The molecule has 0 aliphatic heterocycles. The van der Waals surface area contributed by atoms with Gasteiger partial charge in [0.05, 0.1) is 11.5 Å². The molecule has 0 aliphatic rings. The zero-order chi connectivity index (χ0) is 20.8. The van der Waals surface area contributed by atoms with E-state index in [9.17, 15) is 9.18 Å². The molecule has 0 unspecified atom stereocenters. The zero-order valence-electron chi connectivity index (χ0n) is 16.0. The van der Waals surface area contributed by atoms with Crippen LogP contribution in [0.2, 0.25) is 0 Å². The third-order valence-electron chi connectivity index (χ3n) is 4.13. The third-order valence-corrected chi connectivity index (χ3v) is 6.82. The van der Waals surface area contributed by atoms with Crippen LogP contribution in [0.15, 0.2) is 47.6 Å². The highest BCUT2D eigenvalue weighted by Crippen LogP contribution is 2.22. The van der Waals surface area contributed by atoms with Gasteiger partial charge in [0, 0.05) is 22.1 Å². The van der Waals surface area contributed by atoms with Crippen molar-refractivity contribution < 1.29 is 9.18 Å². The Morgan fingerprint density at radius 3 is 2.66 bits per heavy atom. The van der Waals surface area contributed by atoms with Crippen molar-refractivity contribution in [3.05, 3.63) is 68.8 Å². The summed E-state index contributed by atoms with van der Waals surface area (Å²) in [7, 11) is 1.90. The summed E-state index contributed by atoms with van der Waals surface area (Å²) in [6.45, 7) is 1.98. The summed E-state index contributed by atoms with van der Waals surface area (Å²) in [6.07, 6.45) is 0. The Labute approximate surface area is 191 Å². The van der Waals surface area contributed by atoms with Crippen LogP contribution in [0.4, 0.5) is 10.1 Å². The van der Waals surface area contributed by atoms with Crippen LogP contribution in [0.5, 0.6) is 0 Å². The number of anilines is 1. The summed E-state index contributed by atoms with van der Waals surface area (Å²) in [5, 5.41) is 12.1. The molecule has 9 heteroatoms. The molecule has 0 radical (unpaired) electrons. The van der Waals surface area contributed by atoms with Gasteiger partial charge in [0.1, 0.15) is 11.6 Å². The molecule has 0 spiro atoms. The number of hydrogen-bond donors (Lipinski definition) is 1. The molecule has 0 atom stereocenters. The van der Waals surface area contributed by atoms with Crippen molar-refractivity contribution >= 4 is 57.7 Å². The second kappa shape index (κ2) is 10.4. The van der Waals surface area contributed by atoms with E-state index < -0.39 is 0 Å². The number of nitrogens with one attached hydrogen (secondary N) is 1. The average Bonchev–Trinajstić information content (AvgIpc) is 3.04. The number of nitrogens with zero attached hydrogens (tertiary/aromatic N) is 3. The highest BCUT2D eigenvalue weighted by atomic mass is 127. The first kappa shape index (κ1) is 22.1. The maximum Gasteiger partial charge on any atom is 0.234 e. The maximum atomic E-state index is 13.0. The Balaban J connectivity index is 1.48. The molecule has 1 aromatic heterocycles. The van der Waals surface area contributed by atoms with Crippen molar-refractivity contribution in [2.45, 2.75) is 23.6 Å². The van der Waals surface area contributed by atoms with Gasteiger partial charge in [-0.1, -0.05) is 23.9 Å². The summed E-state index contributed by atoms with van der Waals surface area (Å²) in [5.74, 6) is 2.26. The van der Waals surface area contributed by atoms with Crippen molar-refractivity contribution in [2.24, 2.45) is 7.05 Å². The second-order valence-electron chi connectivity index (χ2n) is 6.37. The van der Waals surface area contributed by atoms with Gasteiger partial charge >= 0.3 is 0 Å². The number of rotatable bonds is 8. The van der Waals surface area contributed by atoms with E-state index in [1.165, 1.54) is 23.9 Å². The SMILES string of the molecule is Cc1cc(I)ccc1NC(=O)CSc1nnc(CSCc2ccc(F)cc2)n1C. The lowest BCUT2D eigenvalue weighted by Gasteiger charge is -2.08. The summed E-state index contributed by atoms with van der Waals surface area (Å²) < 4.78 is 16.0. The first-order valence-corrected chi connectivity index (χ1v) is 12.0. The normalized spacial score (nSPS) is 10.9. The Kier molecular flexibility index (Phi) is 7.96. The Morgan fingerprint density at radius 2 is 1.93 bits per heavy atom. The van der Waals surface area contributed by atoms with Crippen molar-refractivity contribution in [3.8, 4) is 0 Å². The van der Waals surface area contributed by atoms with Crippen molar-refractivity contribution in [1.29, 1.82) is 0 Å². The van der Waals surface area contributed by atoms with E-state index in [2.05, 4.69) is 38.1 Å². The highest BCUT2D eigenvalue weighted by molar-refractivity contribution is 14.1. The predicted octanol–water partition coefficient (Wildman–Crippen LogP) is 5.03. The summed E-state index contributed by atoms with van der Waals surface area (Å²) in [5.41, 5.74) is 2.93. The summed E-state index contributed by atoms with van der Waals surface area (Å²) in [4.78, 5) is 12.3. The molecule has 1 amide bonds. The molecular weight excluding hydrogens is 522 g/mol. The fourth-order valence-corrected chi connectivity index (χ4v) is 4.86. The summed E-state index contributed by atoms with van der Waals surface area (Å²) >= 11 is 5.30. The van der Waals surface area contributed by atoms with Gasteiger partial charge < -0.3 is 9.88 Å². The lowest BCUT2D eigenvalue weighted by atomic mass is 10.2. The smallest absolute Gasteiger partial charge is 0.234 e. The van der Waals surface area contributed by atoms with Crippen LogP contribution in [0.1, 0.15) is 17.0 Å². The van der Waals surface area contributed by atoms with E-state index in [0.717, 1.165) is 32.0 Å². The van der Waals surface area contributed by atoms with Crippen LogP contribution < -0.4 is 5.32 Å². The van der Waals surface area contributed by atoms with Gasteiger partial charge in [0.25, 0.3) is 0 Å². The van der Waals surface area contributed by atoms with Gasteiger partial charge in [-0.2, -0.15) is 0 Å². The number of hydrogen-bond acceptors (Lipinski definition) is 5. The van der Waals surface area contributed by atoms with E-state index >= 15 is 0 Å². The maximum absolute atomic E-state index is 13.0. The first-order valence-electron chi connectivity index (χ1n) is 8.81. The first-order chi connectivity index (χ1) is 13.9. The summed E-state index contributed by atoms with van der Waals surface area (Å²) in [6, 6.07) is 12.4. The topological polar surface area (TPSA) is 59.8 Å². The number of aromatic nitrogens is 3. The van der Waals surface area contributed by atoms with Gasteiger partial charge in [0.15, 0.2) is 5.16 Å². The van der Waals surface area contributed by atoms with E-state index in [-0.39, 0.29) is 17.5 Å². The van der Waals surface area contributed by atoms with Crippen LogP contribution in [0.25, 0.3) is 0 Å². The minimum atomic E-state index is -0.227. The van der Waals surface area contributed by atoms with Crippen LogP contribution >= 0.6 is 46.1 Å². The number of benzene rings is 2. The van der Waals surface area contributed by atoms with E-state index in [0.29, 0.717) is 10.9 Å². The van der Waals surface area contributed by atoms with Crippen molar-refractivity contribution in [1.82, 2.24) is 14.8 Å². The number of amides is 1. The molecule has 1 N–H and O–H groups in total. The van der Waals surface area contributed by atoms with Crippen molar-refractivity contribution in [2.75, 3.05) is 11.1 Å². The van der Waals surface area contributed by atoms with Crippen LogP contribution in [-0.2, 0) is 23.3 Å². The van der Waals surface area contributed by atoms with Crippen molar-refractivity contribution in [3.63, 3.8) is 0 Å². The van der Waals surface area contributed by atoms with Crippen LogP contribution in [0, 0.1) is 16.3 Å². The molecule has 3 rings (SSSR count). The third kappa shape index (κ3) is 6.45. The zero-order valence-corrected chi connectivity index (χ0v) is 19.8. The Morgan fingerprint density at radius 1 is 1.17 bits per heavy atom. The van der Waals surface area contributed by atoms with Crippen LogP contribution in [0.3, 0.4) is 0 Å². The molecule has 0 aliphatic carbocycles. The molecule has 0 bridgehead atoms. The number of thioether (sulfide) groups is 2. The molecule has 0 fully saturated rings. The fraction of sp³-hybridized carbons (Fsp3) is 0.250. The minimum Gasteiger partial charge on any atom is -0.325 e. The lowest BCUT2D eigenvalue weighted by molar-refractivity contribution is -0.113. The van der Waals surface area contributed by atoms with E-state index in [4.69, 9.17) is 0 Å². The molecule has 3 aromatic rings. The number of halogens is 2. The number of carbonyl (C=O) groups excluding carboxylic acids is 1. The fourth-order valence-electron chi connectivity index (χ4n) is 2.52. The Hall–Kier alpha value is -1.59. The highest BCUT2D eigenvalue weighted by Gasteiger charge is 2.12. The number of carbonyl (C=O) groups is 1.